The van der Waals surface area contributed by atoms with Crippen molar-refractivity contribution in [2.45, 2.75) is 12.5 Å². The van der Waals surface area contributed by atoms with Crippen LogP contribution in [-0.2, 0) is 16.0 Å². The average molecular weight is 539 g/mol. The van der Waals surface area contributed by atoms with Gasteiger partial charge in [0.25, 0.3) is 0 Å². The van der Waals surface area contributed by atoms with E-state index in [2.05, 4.69) is 20.0 Å². The number of anilines is 1. The van der Waals surface area contributed by atoms with E-state index in [0.29, 0.717) is 28.4 Å². The fourth-order valence-electron chi connectivity index (χ4n) is 3.99. The number of benzene rings is 2. The van der Waals surface area contributed by atoms with Gasteiger partial charge in [-0.25, -0.2) is 19.1 Å². The summed E-state index contributed by atoms with van der Waals surface area (Å²) in [6.45, 7) is 0.0703. The molecule has 2 aromatic heterocycles. The van der Waals surface area contributed by atoms with Crippen LogP contribution in [0.1, 0.15) is 22.1 Å². The van der Waals surface area contributed by atoms with Gasteiger partial charge in [-0.1, -0.05) is 12.1 Å². The maximum absolute atomic E-state index is 13.5. The molecule has 1 atom stereocenters. The predicted molar refractivity (Wildman–Crippen MR) is 136 cm³/mol. The lowest BCUT2D eigenvalue weighted by Crippen LogP contribution is -2.33. The summed E-state index contributed by atoms with van der Waals surface area (Å²) in [4.78, 5) is 45.1. The monoisotopic (exact) mass is 538 g/mol. The standard InChI is InChI=1S/C25H22N4O8S/c1-34-15-6-3-13(4-7-15)9-17(21(30)28-24-26-16(11-38-24)23(32)35-2)29-22(31)20(27-25(29)33)14-5-8-18-19(10-14)37-12-36-18/h3-8,10-11,17,31H,9,12H2,1-2H3,(H,27,33)(H,26,28,30)/t17-/m0/s1. The molecule has 0 radical (unpaired) electrons. The Morgan fingerprint density at radius 2 is 1.95 bits per heavy atom. The predicted octanol–water partition coefficient (Wildman–Crippen LogP) is 2.95. The molecule has 12 nitrogen and oxygen atoms in total. The lowest BCUT2D eigenvalue weighted by atomic mass is 10.0. The number of aromatic amines is 1. The molecule has 0 fully saturated rings. The molecule has 2 aromatic carbocycles. The fourth-order valence-corrected chi connectivity index (χ4v) is 4.67. The van der Waals surface area contributed by atoms with Gasteiger partial charge < -0.3 is 34.4 Å². The number of nitrogens with one attached hydrogen (secondary N) is 2. The molecule has 0 aliphatic carbocycles. The molecule has 0 saturated heterocycles. The van der Waals surface area contributed by atoms with Crippen molar-refractivity contribution in [2.75, 3.05) is 26.3 Å². The molecule has 0 unspecified atom stereocenters. The SMILES string of the molecule is COC(=O)c1csc(NC(=O)[C@H](Cc2ccc(OC)cc2)n2c(O)c(-c3ccc4c(c3)OCO4)[nH]c2=O)n1. The van der Waals surface area contributed by atoms with Crippen LogP contribution in [0.3, 0.4) is 0 Å². The van der Waals surface area contributed by atoms with Crippen molar-refractivity contribution >= 4 is 28.3 Å². The first-order chi connectivity index (χ1) is 18.4. The molecule has 196 valence electrons. The number of methoxy groups -OCH3 is 2. The van der Waals surface area contributed by atoms with Crippen molar-refractivity contribution in [3.8, 4) is 34.4 Å². The lowest BCUT2D eigenvalue weighted by Gasteiger charge is -2.18. The van der Waals surface area contributed by atoms with E-state index in [0.717, 1.165) is 15.9 Å². The number of H-pyrrole nitrogens is 1. The van der Waals surface area contributed by atoms with Crippen molar-refractivity contribution in [1.82, 2.24) is 14.5 Å². The van der Waals surface area contributed by atoms with Gasteiger partial charge in [0, 0.05) is 17.4 Å². The molecule has 38 heavy (non-hydrogen) atoms. The minimum atomic E-state index is -1.18. The van der Waals surface area contributed by atoms with E-state index in [1.54, 1.807) is 42.5 Å². The van der Waals surface area contributed by atoms with E-state index in [1.165, 1.54) is 19.6 Å². The molecule has 1 aliphatic heterocycles. The first-order valence-electron chi connectivity index (χ1n) is 11.3. The highest BCUT2D eigenvalue weighted by molar-refractivity contribution is 7.14. The number of hydrogen-bond donors (Lipinski definition) is 3. The fraction of sp³-hybridized carbons (Fsp3) is 0.200. The summed E-state index contributed by atoms with van der Waals surface area (Å²) in [7, 11) is 2.76. The number of nitrogens with zero attached hydrogens (tertiary/aromatic N) is 2. The number of aromatic nitrogens is 3. The Labute approximate surface area is 219 Å². The van der Waals surface area contributed by atoms with Gasteiger partial charge in [-0.05, 0) is 35.9 Å². The number of hydrogen-bond acceptors (Lipinski definition) is 10. The second kappa shape index (κ2) is 10.3. The second-order valence-corrected chi connectivity index (χ2v) is 9.01. The Morgan fingerprint density at radius 1 is 1.18 bits per heavy atom. The third-order valence-corrected chi connectivity index (χ3v) is 6.65. The molecule has 5 rings (SSSR count). The second-order valence-electron chi connectivity index (χ2n) is 8.15. The van der Waals surface area contributed by atoms with Gasteiger partial charge in [-0.15, -0.1) is 11.3 Å². The van der Waals surface area contributed by atoms with Crippen LogP contribution in [0.25, 0.3) is 11.3 Å². The largest absolute Gasteiger partial charge is 0.497 e. The molecule has 13 heteroatoms. The van der Waals surface area contributed by atoms with Crippen molar-refractivity contribution in [3.05, 3.63) is 69.6 Å². The topological polar surface area (TPSA) is 154 Å². The number of ether oxygens (including phenoxy) is 4. The first kappa shape index (κ1) is 24.9. The third kappa shape index (κ3) is 4.78. The van der Waals surface area contributed by atoms with Crippen molar-refractivity contribution in [1.29, 1.82) is 0 Å². The molecule has 0 spiro atoms. The molecular formula is C25H22N4O8S. The van der Waals surface area contributed by atoms with Gasteiger partial charge in [0.05, 0.1) is 14.2 Å². The lowest BCUT2D eigenvalue weighted by molar-refractivity contribution is -0.119. The third-order valence-electron chi connectivity index (χ3n) is 5.90. The molecule has 0 saturated carbocycles. The van der Waals surface area contributed by atoms with Crippen molar-refractivity contribution in [2.24, 2.45) is 0 Å². The maximum atomic E-state index is 13.5. The first-order valence-corrected chi connectivity index (χ1v) is 12.2. The minimum Gasteiger partial charge on any atom is -0.497 e. The number of carbonyl (C=O) groups excluding carboxylic acids is 2. The highest BCUT2D eigenvalue weighted by atomic mass is 32.1. The molecule has 3 N–H and O–H groups in total. The molecule has 1 amide bonds. The van der Waals surface area contributed by atoms with E-state index >= 15 is 0 Å². The number of rotatable bonds is 8. The number of amides is 1. The zero-order valence-electron chi connectivity index (χ0n) is 20.2. The molecular weight excluding hydrogens is 516 g/mol. The van der Waals surface area contributed by atoms with E-state index in [4.69, 9.17) is 14.2 Å². The quantitative estimate of drug-likeness (QED) is 0.287. The number of thiazole rings is 1. The van der Waals surface area contributed by atoms with Crippen molar-refractivity contribution in [3.63, 3.8) is 0 Å². The van der Waals surface area contributed by atoms with Crippen LogP contribution in [0.2, 0.25) is 0 Å². The number of imidazole rings is 1. The Hall–Kier alpha value is -4.78. The van der Waals surface area contributed by atoms with Crippen LogP contribution in [0.15, 0.2) is 52.6 Å². The minimum absolute atomic E-state index is 0.0336. The van der Waals surface area contributed by atoms with E-state index in [9.17, 15) is 19.5 Å². The van der Waals surface area contributed by atoms with Gasteiger partial charge in [-0.3, -0.25) is 4.79 Å². The van der Waals surface area contributed by atoms with Crippen LogP contribution < -0.4 is 25.2 Å². The number of esters is 1. The van der Waals surface area contributed by atoms with Gasteiger partial charge in [0.2, 0.25) is 18.6 Å². The number of aromatic hydroxyl groups is 1. The smallest absolute Gasteiger partial charge is 0.357 e. The zero-order valence-corrected chi connectivity index (χ0v) is 21.0. The van der Waals surface area contributed by atoms with E-state index in [1.807, 2.05) is 0 Å². The van der Waals surface area contributed by atoms with Gasteiger partial charge in [-0.2, -0.15) is 0 Å². The zero-order chi connectivity index (χ0) is 26.8. The number of carbonyl (C=O) groups is 2. The highest BCUT2D eigenvalue weighted by Crippen LogP contribution is 2.38. The van der Waals surface area contributed by atoms with Gasteiger partial charge >= 0.3 is 11.7 Å². The van der Waals surface area contributed by atoms with Gasteiger partial charge in [0.15, 0.2) is 22.3 Å². The Balaban J connectivity index is 1.51. The van der Waals surface area contributed by atoms with Crippen molar-refractivity contribution < 1.29 is 33.6 Å². The average Bonchev–Trinajstić information content (AvgIpc) is 3.66. The van der Waals surface area contributed by atoms with E-state index in [-0.39, 0.29) is 29.7 Å². The molecule has 1 aliphatic rings. The summed E-state index contributed by atoms with van der Waals surface area (Å²) in [5.41, 5.74) is 0.624. The summed E-state index contributed by atoms with van der Waals surface area (Å²) in [6, 6.07) is 10.7. The molecule has 0 bridgehead atoms. The van der Waals surface area contributed by atoms with Crippen LogP contribution in [-0.4, -0.2) is 52.5 Å². The molecule has 3 heterocycles. The Morgan fingerprint density at radius 3 is 2.68 bits per heavy atom. The summed E-state index contributed by atoms with van der Waals surface area (Å²) >= 11 is 1.02. The summed E-state index contributed by atoms with van der Waals surface area (Å²) < 4.78 is 21.6. The molecule has 4 aromatic rings. The van der Waals surface area contributed by atoms with Crippen LogP contribution in [0.4, 0.5) is 5.13 Å². The van der Waals surface area contributed by atoms with Gasteiger partial charge in [0.1, 0.15) is 17.5 Å². The maximum Gasteiger partial charge on any atom is 0.357 e. The van der Waals surface area contributed by atoms with Crippen LogP contribution in [0, 0.1) is 0 Å². The van der Waals surface area contributed by atoms with E-state index < -0.39 is 29.5 Å². The number of fused-ring (bicyclic) bond motifs is 1. The normalized spacial score (nSPS) is 12.7. The Kier molecular flexibility index (Phi) is 6.75. The summed E-state index contributed by atoms with van der Waals surface area (Å²) in [5, 5.41) is 15.4. The highest BCUT2D eigenvalue weighted by Gasteiger charge is 2.29. The summed E-state index contributed by atoms with van der Waals surface area (Å²) in [5.74, 6) is -0.0732. The summed E-state index contributed by atoms with van der Waals surface area (Å²) in [6.07, 6.45) is 0.0525. The van der Waals surface area contributed by atoms with Crippen LogP contribution >= 0.6 is 11.3 Å². The van der Waals surface area contributed by atoms with Crippen LogP contribution in [0.5, 0.6) is 23.1 Å². The Bertz CT molecular complexity index is 1560.